The fourth-order valence-corrected chi connectivity index (χ4v) is 4.19. The second kappa shape index (κ2) is 6.10. The minimum Gasteiger partial charge on any atom is -0.492 e. The molecule has 1 aliphatic heterocycles. The van der Waals surface area contributed by atoms with Crippen molar-refractivity contribution in [1.29, 1.82) is 0 Å². The molecule has 3 rings (SSSR count). The Balaban J connectivity index is 1.85. The van der Waals surface area contributed by atoms with Gasteiger partial charge in [-0.15, -0.1) is 0 Å². The van der Waals surface area contributed by atoms with Crippen LogP contribution in [0.3, 0.4) is 0 Å². The third kappa shape index (κ3) is 3.15. The highest BCUT2D eigenvalue weighted by Crippen LogP contribution is 2.25. The van der Waals surface area contributed by atoms with Gasteiger partial charge in [-0.3, -0.25) is 0 Å². The molecule has 0 radical (unpaired) electrons. The lowest BCUT2D eigenvalue weighted by atomic mass is 10.1. The van der Waals surface area contributed by atoms with Gasteiger partial charge in [-0.25, -0.2) is 8.42 Å². The second-order valence-electron chi connectivity index (χ2n) is 5.47. The molecular weight excluding hydrogens is 298 g/mol. The zero-order chi connectivity index (χ0) is 15.6. The number of sulfonamides is 1. The van der Waals surface area contributed by atoms with Gasteiger partial charge in [-0.05, 0) is 24.1 Å². The molecule has 2 aromatic carbocycles. The number of hydrogen-bond donors (Lipinski definition) is 0. The van der Waals surface area contributed by atoms with Crippen LogP contribution in [0.1, 0.15) is 16.7 Å². The highest BCUT2D eigenvalue weighted by Gasteiger charge is 2.26. The topological polar surface area (TPSA) is 46.6 Å². The third-order valence-electron chi connectivity index (χ3n) is 3.91. The van der Waals surface area contributed by atoms with E-state index < -0.39 is 10.0 Å². The Hall–Kier alpha value is -1.85. The molecule has 0 aliphatic carbocycles. The summed E-state index contributed by atoms with van der Waals surface area (Å²) in [6.07, 6.45) is 0. The van der Waals surface area contributed by atoms with Crippen molar-refractivity contribution in [2.45, 2.75) is 19.2 Å². The van der Waals surface area contributed by atoms with Crippen molar-refractivity contribution in [1.82, 2.24) is 4.31 Å². The van der Waals surface area contributed by atoms with Crippen molar-refractivity contribution in [3.8, 4) is 5.75 Å². The maximum absolute atomic E-state index is 12.7. The van der Waals surface area contributed by atoms with E-state index in [-0.39, 0.29) is 5.75 Å². The standard InChI is InChI=1S/C17H19NO3S/c1-14-6-2-3-8-16(14)13-22(19,20)18-10-11-21-17-9-5-4-7-15(17)12-18/h2-9H,10-13H2,1H3. The molecule has 22 heavy (non-hydrogen) atoms. The first-order valence-electron chi connectivity index (χ1n) is 7.29. The number of fused-ring (bicyclic) bond motifs is 1. The maximum Gasteiger partial charge on any atom is 0.218 e. The van der Waals surface area contributed by atoms with Gasteiger partial charge >= 0.3 is 0 Å². The van der Waals surface area contributed by atoms with Crippen LogP contribution in [-0.4, -0.2) is 25.9 Å². The monoisotopic (exact) mass is 317 g/mol. The summed E-state index contributed by atoms with van der Waals surface area (Å²) in [7, 11) is -3.37. The number of hydrogen-bond acceptors (Lipinski definition) is 3. The molecule has 0 aromatic heterocycles. The van der Waals surface area contributed by atoms with Crippen LogP contribution in [-0.2, 0) is 22.3 Å². The van der Waals surface area contributed by atoms with Crippen LogP contribution in [0.25, 0.3) is 0 Å². The Kier molecular flexibility index (Phi) is 4.18. The highest BCUT2D eigenvalue weighted by atomic mass is 32.2. The summed E-state index contributed by atoms with van der Waals surface area (Å²) < 4.78 is 32.6. The van der Waals surface area contributed by atoms with Gasteiger partial charge in [0, 0.05) is 18.7 Å². The van der Waals surface area contributed by atoms with Crippen LogP contribution in [0.5, 0.6) is 5.75 Å². The number of rotatable bonds is 3. The van der Waals surface area contributed by atoms with E-state index in [9.17, 15) is 8.42 Å². The molecule has 0 amide bonds. The van der Waals surface area contributed by atoms with E-state index >= 15 is 0 Å². The Morgan fingerprint density at radius 1 is 1.09 bits per heavy atom. The van der Waals surface area contributed by atoms with Gasteiger partial charge in [0.15, 0.2) is 0 Å². The predicted molar refractivity (Wildman–Crippen MR) is 86.1 cm³/mol. The SMILES string of the molecule is Cc1ccccc1CS(=O)(=O)N1CCOc2ccccc2C1. The van der Waals surface area contributed by atoms with Gasteiger partial charge < -0.3 is 4.74 Å². The van der Waals surface area contributed by atoms with E-state index in [1.165, 1.54) is 4.31 Å². The lowest BCUT2D eigenvalue weighted by Gasteiger charge is -2.20. The molecule has 5 heteroatoms. The Morgan fingerprint density at radius 2 is 1.82 bits per heavy atom. The molecule has 0 saturated heterocycles. The average molecular weight is 317 g/mol. The van der Waals surface area contributed by atoms with Crippen molar-refractivity contribution in [2.75, 3.05) is 13.2 Å². The lowest BCUT2D eigenvalue weighted by Crippen LogP contribution is -2.33. The van der Waals surface area contributed by atoms with Crippen LogP contribution in [0, 0.1) is 6.92 Å². The molecule has 0 spiro atoms. The van der Waals surface area contributed by atoms with Crippen molar-refractivity contribution >= 4 is 10.0 Å². The number of nitrogens with zero attached hydrogens (tertiary/aromatic N) is 1. The lowest BCUT2D eigenvalue weighted by molar-refractivity contribution is 0.293. The quantitative estimate of drug-likeness (QED) is 0.874. The first kappa shape index (κ1) is 15.1. The van der Waals surface area contributed by atoms with Gasteiger partial charge in [0.05, 0.1) is 5.75 Å². The number of benzene rings is 2. The predicted octanol–water partition coefficient (Wildman–Crippen LogP) is 2.72. The van der Waals surface area contributed by atoms with E-state index in [0.29, 0.717) is 19.7 Å². The Morgan fingerprint density at radius 3 is 2.64 bits per heavy atom. The molecule has 1 aliphatic rings. The molecule has 0 atom stereocenters. The molecule has 0 N–H and O–H groups in total. The smallest absolute Gasteiger partial charge is 0.218 e. The number of aryl methyl sites for hydroxylation is 1. The van der Waals surface area contributed by atoms with Crippen LogP contribution in [0.2, 0.25) is 0 Å². The third-order valence-corrected chi connectivity index (χ3v) is 5.68. The molecular formula is C17H19NO3S. The Bertz CT molecular complexity index is 771. The van der Waals surface area contributed by atoms with Gasteiger partial charge in [-0.1, -0.05) is 42.5 Å². The summed E-state index contributed by atoms with van der Waals surface area (Å²) in [5.74, 6) is 0.804. The first-order valence-corrected chi connectivity index (χ1v) is 8.90. The molecule has 116 valence electrons. The Labute approximate surface area is 131 Å². The summed E-state index contributed by atoms with van der Waals surface area (Å²) in [6, 6.07) is 15.2. The number of para-hydroxylation sites is 1. The van der Waals surface area contributed by atoms with Gasteiger partial charge in [0.25, 0.3) is 0 Å². The average Bonchev–Trinajstić information content (AvgIpc) is 2.72. The molecule has 4 nitrogen and oxygen atoms in total. The summed E-state index contributed by atoms with van der Waals surface area (Å²) in [4.78, 5) is 0. The van der Waals surface area contributed by atoms with Gasteiger partial charge in [0.2, 0.25) is 10.0 Å². The van der Waals surface area contributed by atoms with Crippen LogP contribution >= 0.6 is 0 Å². The summed E-state index contributed by atoms with van der Waals surface area (Å²) in [6.45, 7) is 3.06. The van der Waals surface area contributed by atoms with Crippen LogP contribution in [0.15, 0.2) is 48.5 Å². The van der Waals surface area contributed by atoms with E-state index in [0.717, 1.165) is 22.4 Å². The van der Waals surface area contributed by atoms with E-state index in [4.69, 9.17) is 4.74 Å². The fourth-order valence-electron chi connectivity index (χ4n) is 2.60. The molecule has 0 saturated carbocycles. The minimum absolute atomic E-state index is 0.0296. The normalized spacial score (nSPS) is 15.7. The second-order valence-corrected chi connectivity index (χ2v) is 7.44. The van der Waals surface area contributed by atoms with Crippen molar-refractivity contribution < 1.29 is 13.2 Å². The van der Waals surface area contributed by atoms with E-state index in [1.807, 2.05) is 55.5 Å². The van der Waals surface area contributed by atoms with Crippen molar-refractivity contribution in [2.24, 2.45) is 0 Å². The summed E-state index contributed by atoms with van der Waals surface area (Å²) in [5.41, 5.74) is 2.76. The first-order chi connectivity index (χ1) is 10.6. The van der Waals surface area contributed by atoms with Crippen molar-refractivity contribution in [3.63, 3.8) is 0 Å². The van der Waals surface area contributed by atoms with Gasteiger partial charge in [-0.2, -0.15) is 4.31 Å². The molecule has 0 bridgehead atoms. The van der Waals surface area contributed by atoms with E-state index in [2.05, 4.69) is 0 Å². The zero-order valence-electron chi connectivity index (χ0n) is 12.5. The zero-order valence-corrected chi connectivity index (χ0v) is 13.3. The van der Waals surface area contributed by atoms with Crippen LogP contribution in [0.4, 0.5) is 0 Å². The highest BCUT2D eigenvalue weighted by molar-refractivity contribution is 7.88. The molecule has 2 aromatic rings. The maximum atomic E-state index is 12.7. The molecule has 0 unspecified atom stereocenters. The van der Waals surface area contributed by atoms with Gasteiger partial charge in [0.1, 0.15) is 12.4 Å². The summed E-state index contributed by atoms with van der Waals surface area (Å²) in [5, 5.41) is 0. The largest absolute Gasteiger partial charge is 0.492 e. The number of ether oxygens (including phenoxy) is 1. The van der Waals surface area contributed by atoms with E-state index in [1.54, 1.807) is 0 Å². The minimum atomic E-state index is -3.37. The van der Waals surface area contributed by atoms with Crippen molar-refractivity contribution in [3.05, 3.63) is 65.2 Å². The molecule has 0 fully saturated rings. The van der Waals surface area contributed by atoms with Crippen LogP contribution < -0.4 is 4.74 Å². The fraction of sp³-hybridized carbons (Fsp3) is 0.294. The summed E-state index contributed by atoms with van der Waals surface area (Å²) >= 11 is 0. The molecule has 1 heterocycles.